The van der Waals surface area contributed by atoms with Crippen LogP contribution in [-0.4, -0.2) is 29.1 Å². The van der Waals surface area contributed by atoms with Gasteiger partial charge in [0.2, 0.25) is 5.89 Å². The predicted molar refractivity (Wildman–Crippen MR) is 87.1 cm³/mol. The van der Waals surface area contributed by atoms with Gasteiger partial charge in [0.15, 0.2) is 5.96 Å². The largest absolute Gasteiger partial charge is 0.466 e. The Morgan fingerprint density at radius 3 is 2.74 bits per heavy atom. The molecule has 0 saturated carbocycles. The zero-order chi connectivity index (χ0) is 16.9. The van der Waals surface area contributed by atoms with Crippen molar-refractivity contribution in [3.8, 4) is 0 Å². The van der Waals surface area contributed by atoms with Gasteiger partial charge < -0.3 is 24.6 Å². The molecule has 0 bridgehead atoms. The Bertz CT molecular complexity index is 625. The Kier molecular flexibility index (Phi) is 5.44. The van der Waals surface area contributed by atoms with Crippen LogP contribution in [-0.2, 0) is 12.1 Å². The monoisotopic (exact) mass is 320 g/mol. The van der Waals surface area contributed by atoms with Crippen molar-refractivity contribution in [2.75, 3.05) is 13.1 Å². The van der Waals surface area contributed by atoms with Gasteiger partial charge in [-0.15, -0.1) is 0 Å². The minimum absolute atomic E-state index is 0.260. The molecule has 23 heavy (non-hydrogen) atoms. The molecule has 7 nitrogen and oxygen atoms in total. The van der Waals surface area contributed by atoms with Crippen LogP contribution in [0.1, 0.15) is 37.0 Å². The lowest BCUT2D eigenvalue weighted by atomic mass is 10.0. The molecular formula is C16H24N4O3. The minimum atomic E-state index is -1.13. The zero-order valence-electron chi connectivity index (χ0n) is 14.0. The second-order valence-corrected chi connectivity index (χ2v) is 5.55. The summed E-state index contributed by atoms with van der Waals surface area (Å²) >= 11 is 0. The number of hydrogen-bond donors (Lipinski definition) is 3. The molecule has 0 saturated heterocycles. The first-order chi connectivity index (χ1) is 10.9. The van der Waals surface area contributed by atoms with Gasteiger partial charge in [-0.1, -0.05) is 0 Å². The minimum Gasteiger partial charge on any atom is -0.466 e. The van der Waals surface area contributed by atoms with E-state index in [2.05, 4.69) is 20.6 Å². The van der Waals surface area contributed by atoms with Crippen LogP contribution in [0.5, 0.6) is 0 Å². The summed E-state index contributed by atoms with van der Waals surface area (Å²) in [6.07, 6.45) is 1.54. The summed E-state index contributed by atoms with van der Waals surface area (Å²) < 4.78 is 10.8. The number of rotatable bonds is 6. The van der Waals surface area contributed by atoms with E-state index in [0.29, 0.717) is 30.7 Å². The zero-order valence-corrected chi connectivity index (χ0v) is 14.0. The van der Waals surface area contributed by atoms with Gasteiger partial charge in [-0.2, -0.15) is 0 Å². The summed E-state index contributed by atoms with van der Waals surface area (Å²) in [7, 11) is 0. The third-order valence-corrected chi connectivity index (χ3v) is 3.44. The third kappa shape index (κ3) is 4.59. The third-order valence-electron chi connectivity index (χ3n) is 3.44. The first-order valence-electron chi connectivity index (χ1n) is 7.64. The lowest BCUT2D eigenvalue weighted by Gasteiger charge is -2.22. The van der Waals surface area contributed by atoms with Crippen LogP contribution >= 0.6 is 0 Å². The molecule has 0 aliphatic carbocycles. The molecular weight excluding hydrogens is 296 g/mol. The van der Waals surface area contributed by atoms with Crippen molar-refractivity contribution in [2.45, 2.75) is 39.8 Å². The van der Waals surface area contributed by atoms with Crippen molar-refractivity contribution in [3.05, 3.63) is 41.5 Å². The van der Waals surface area contributed by atoms with Gasteiger partial charge in [0.25, 0.3) is 0 Å². The Balaban J connectivity index is 1.99. The summed E-state index contributed by atoms with van der Waals surface area (Å²) in [5.74, 6) is 2.44. The summed E-state index contributed by atoms with van der Waals surface area (Å²) in [6, 6.07) is 3.49. The Morgan fingerprint density at radius 2 is 2.17 bits per heavy atom. The SMILES string of the molecule is CCNC(=NCc1nc(C)c(C)o1)NCC(C)(O)c1ccco1. The second kappa shape index (κ2) is 7.32. The standard InChI is InChI=1S/C16H24N4O3/c1-5-17-15(18-9-14-20-11(2)12(3)23-14)19-10-16(4,21)13-7-6-8-22-13/h6-8,21H,5,9-10H2,1-4H3,(H2,17,18,19). The van der Waals surface area contributed by atoms with Crippen LogP contribution in [0.25, 0.3) is 0 Å². The topological polar surface area (TPSA) is 95.8 Å². The molecule has 2 rings (SSSR count). The van der Waals surface area contributed by atoms with Crippen molar-refractivity contribution in [2.24, 2.45) is 4.99 Å². The van der Waals surface area contributed by atoms with Gasteiger partial charge in [0.05, 0.1) is 18.5 Å². The summed E-state index contributed by atoms with van der Waals surface area (Å²) in [4.78, 5) is 8.72. The second-order valence-electron chi connectivity index (χ2n) is 5.55. The van der Waals surface area contributed by atoms with Crippen LogP contribution in [0.3, 0.4) is 0 Å². The number of furan rings is 1. The van der Waals surface area contributed by atoms with E-state index < -0.39 is 5.60 Å². The first-order valence-corrected chi connectivity index (χ1v) is 7.64. The molecule has 0 aliphatic rings. The molecule has 2 heterocycles. The predicted octanol–water partition coefficient (Wildman–Crippen LogP) is 1.85. The highest BCUT2D eigenvalue weighted by Crippen LogP contribution is 2.19. The average molecular weight is 320 g/mol. The summed E-state index contributed by atoms with van der Waals surface area (Å²) in [5, 5.41) is 16.7. The fourth-order valence-corrected chi connectivity index (χ4v) is 2.02. The van der Waals surface area contributed by atoms with Crippen LogP contribution in [0, 0.1) is 13.8 Å². The molecule has 2 aromatic heterocycles. The molecule has 0 spiro atoms. The van der Waals surface area contributed by atoms with Crippen molar-refractivity contribution < 1.29 is 13.9 Å². The lowest BCUT2D eigenvalue weighted by Crippen LogP contribution is -2.44. The molecule has 0 aromatic carbocycles. The van der Waals surface area contributed by atoms with E-state index >= 15 is 0 Å². The van der Waals surface area contributed by atoms with E-state index in [9.17, 15) is 5.11 Å². The van der Waals surface area contributed by atoms with Gasteiger partial charge in [-0.3, -0.25) is 0 Å². The molecule has 2 aromatic rings. The molecule has 0 fully saturated rings. The average Bonchev–Trinajstić information content (AvgIpc) is 3.13. The Morgan fingerprint density at radius 1 is 1.39 bits per heavy atom. The van der Waals surface area contributed by atoms with Crippen LogP contribution in [0.4, 0.5) is 0 Å². The number of hydrogen-bond acceptors (Lipinski definition) is 5. The highest BCUT2D eigenvalue weighted by molar-refractivity contribution is 5.79. The van der Waals surface area contributed by atoms with Crippen LogP contribution in [0.15, 0.2) is 32.2 Å². The fraction of sp³-hybridized carbons (Fsp3) is 0.500. The summed E-state index contributed by atoms with van der Waals surface area (Å²) in [6.45, 7) is 8.72. The highest BCUT2D eigenvalue weighted by atomic mass is 16.4. The van der Waals surface area contributed by atoms with Gasteiger partial charge in [0, 0.05) is 6.54 Å². The molecule has 1 atom stereocenters. The maximum atomic E-state index is 10.4. The summed E-state index contributed by atoms with van der Waals surface area (Å²) in [5.41, 5.74) is -0.260. The van der Waals surface area contributed by atoms with E-state index in [1.807, 2.05) is 20.8 Å². The number of oxazole rings is 1. The smallest absolute Gasteiger partial charge is 0.216 e. The number of aromatic nitrogens is 1. The maximum Gasteiger partial charge on any atom is 0.216 e. The number of aliphatic hydroxyl groups is 1. The van der Waals surface area contributed by atoms with Gasteiger partial charge in [-0.05, 0) is 39.8 Å². The van der Waals surface area contributed by atoms with Crippen LogP contribution in [0.2, 0.25) is 0 Å². The van der Waals surface area contributed by atoms with E-state index in [1.54, 1.807) is 19.1 Å². The van der Waals surface area contributed by atoms with Gasteiger partial charge >= 0.3 is 0 Å². The Hall–Kier alpha value is -2.28. The van der Waals surface area contributed by atoms with Crippen LogP contribution < -0.4 is 10.6 Å². The quantitative estimate of drug-likeness (QED) is 0.555. The Labute approximate surface area is 135 Å². The number of nitrogens with zero attached hydrogens (tertiary/aromatic N) is 2. The number of aryl methyl sites for hydroxylation is 2. The van der Waals surface area contributed by atoms with E-state index in [1.165, 1.54) is 6.26 Å². The fourth-order valence-electron chi connectivity index (χ4n) is 2.02. The lowest BCUT2D eigenvalue weighted by molar-refractivity contribution is 0.0386. The van der Waals surface area contributed by atoms with Crippen molar-refractivity contribution in [3.63, 3.8) is 0 Å². The van der Waals surface area contributed by atoms with E-state index in [0.717, 1.165) is 11.5 Å². The van der Waals surface area contributed by atoms with Gasteiger partial charge in [0.1, 0.15) is 23.7 Å². The molecule has 1 unspecified atom stereocenters. The van der Waals surface area contributed by atoms with Crippen molar-refractivity contribution >= 4 is 5.96 Å². The van der Waals surface area contributed by atoms with E-state index in [4.69, 9.17) is 8.83 Å². The van der Waals surface area contributed by atoms with Crippen molar-refractivity contribution in [1.82, 2.24) is 15.6 Å². The normalized spacial score (nSPS) is 14.6. The van der Waals surface area contributed by atoms with Crippen molar-refractivity contribution in [1.29, 1.82) is 0 Å². The molecule has 7 heteroatoms. The molecule has 0 radical (unpaired) electrons. The number of aliphatic imine (C=N–C) groups is 1. The maximum absolute atomic E-state index is 10.4. The number of guanidine groups is 1. The molecule has 3 N–H and O–H groups in total. The van der Waals surface area contributed by atoms with Gasteiger partial charge in [-0.25, -0.2) is 9.98 Å². The first kappa shape index (κ1) is 17.1. The molecule has 0 amide bonds. The number of nitrogens with one attached hydrogen (secondary N) is 2. The molecule has 0 aliphatic heterocycles. The highest BCUT2D eigenvalue weighted by Gasteiger charge is 2.26. The molecule has 126 valence electrons. The van der Waals surface area contributed by atoms with E-state index in [-0.39, 0.29) is 6.54 Å².